The van der Waals surface area contributed by atoms with Gasteiger partial charge >= 0.3 is 0 Å². The number of hydrogen-bond acceptors (Lipinski definition) is 4. The molecule has 0 radical (unpaired) electrons. The van der Waals surface area contributed by atoms with Crippen molar-refractivity contribution in [3.05, 3.63) is 35.1 Å². The molecule has 5 nitrogen and oxygen atoms in total. The SMILES string of the molecule is O=C1c2ccc(F)cc2C(=O)N1N1CCOCC1. The second kappa shape index (κ2) is 4.15. The number of halogens is 1. The molecular formula is C12H11FN2O3. The summed E-state index contributed by atoms with van der Waals surface area (Å²) in [5.74, 6) is -1.37. The summed E-state index contributed by atoms with van der Waals surface area (Å²) in [6.07, 6.45) is 0. The van der Waals surface area contributed by atoms with E-state index in [1.54, 1.807) is 5.01 Å². The van der Waals surface area contributed by atoms with E-state index in [9.17, 15) is 14.0 Å². The third kappa shape index (κ3) is 1.61. The van der Waals surface area contributed by atoms with Crippen molar-refractivity contribution in [3.8, 4) is 0 Å². The fourth-order valence-electron chi connectivity index (χ4n) is 2.21. The Kier molecular flexibility index (Phi) is 2.61. The number of nitrogens with zero attached hydrogens (tertiary/aromatic N) is 2. The average Bonchev–Trinajstić information content (AvgIpc) is 2.63. The van der Waals surface area contributed by atoms with Crippen LogP contribution >= 0.6 is 0 Å². The fourth-order valence-corrected chi connectivity index (χ4v) is 2.21. The highest BCUT2D eigenvalue weighted by atomic mass is 19.1. The number of rotatable bonds is 1. The van der Waals surface area contributed by atoms with Crippen molar-refractivity contribution in [3.63, 3.8) is 0 Å². The monoisotopic (exact) mass is 250 g/mol. The highest BCUT2D eigenvalue weighted by Crippen LogP contribution is 2.25. The van der Waals surface area contributed by atoms with Crippen LogP contribution in [0.2, 0.25) is 0 Å². The number of carbonyl (C=O) groups excluding carboxylic acids is 2. The minimum absolute atomic E-state index is 0.131. The van der Waals surface area contributed by atoms with Gasteiger partial charge in [0.05, 0.1) is 24.3 Å². The van der Waals surface area contributed by atoms with E-state index in [-0.39, 0.29) is 11.1 Å². The first-order valence-electron chi connectivity index (χ1n) is 5.69. The number of hydrazine groups is 1. The number of benzene rings is 1. The molecule has 0 N–H and O–H groups in total. The molecule has 1 aromatic carbocycles. The lowest BCUT2D eigenvalue weighted by Gasteiger charge is -2.32. The Balaban J connectivity index is 1.96. The molecule has 2 heterocycles. The van der Waals surface area contributed by atoms with Crippen molar-refractivity contribution in [1.82, 2.24) is 10.0 Å². The molecule has 2 amide bonds. The molecule has 6 heteroatoms. The number of hydrogen-bond donors (Lipinski definition) is 0. The zero-order chi connectivity index (χ0) is 12.7. The largest absolute Gasteiger partial charge is 0.379 e. The predicted octanol–water partition coefficient (Wildman–Crippen LogP) is 0.669. The predicted molar refractivity (Wildman–Crippen MR) is 59.3 cm³/mol. The first-order valence-corrected chi connectivity index (χ1v) is 5.69. The molecule has 2 aliphatic rings. The molecule has 0 bridgehead atoms. The third-order valence-electron chi connectivity index (χ3n) is 3.10. The first kappa shape index (κ1) is 11.3. The van der Waals surface area contributed by atoms with Crippen molar-refractivity contribution in [2.24, 2.45) is 0 Å². The standard InChI is InChI=1S/C12H11FN2O3/c13-8-1-2-9-10(7-8)12(17)15(11(9)16)14-3-5-18-6-4-14/h1-2,7H,3-6H2. The molecule has 18 heavy (non-hydrogen) atoms. The van der Waals surface area contributed by atoms with Crippen LogP contribution in [0.25, 0.3) is 0 Å². The Hall–Kier alpha value is -1.79. The summed E-state index contributed by atoms with van der Waals surface area (Å²) < 4.78 is 18.3. The summed E-state index contributed by atoms with van der Waals surface area (Å²) in [6.45, 7) is 1.91. The van der Waals surface area contributed by atoms with Gasteiger partial charge in [-0.05, 0) is 18.2 Å². The molecule has 0 aliphatic carbocycles. The zero-order valence-electron chi connectivity index (χ0n) is 9.56. The third-order valence-corrected chi connectivity index (χ3v) is 3.10. The van der Waals surface area contributed by atoms with Crippen molar-refractivity contribution in [2.75, 3.05) is 26.3 Å². The summed E-state index contributed by atoms with van der Waals surface area (Å²) in [7, 11) is 0. The Morgan fingerprint density at radius 2 is 1.72 bits per heavy atom. The van der Waals surface area contributed by atoms with Gasteiger partial charge in [-0.15, -0.1) is 0 Å². The van der Waals surface area contributed by atoms with E-state index in [4.69, 9.17) is 4.74 Å². The van der Waals surface area contributed by atoms with Gasteiger partial charge in [-0.25, -0.2) is 14.4 Å². The van der Waals surface area contributed by atoms with E-state index in [0.717, 1.165) is 11.1 Å². The molecule has 0 aromatic heterocycles. The number of amides is 2. The van der Waals surface area contributed by atoms with Gasteiger partial charge in [-0.1, -0.05) is 0 Å². The van der Waals surface area contributed by atoms with Crippen LogP contribution in [0.4, 0.5) is 4.39 Å². The van der Waals surface area contributed by atoms with E-state index >= 15 is 0 Å². The van der Waals surface area contributed by atoms with Crippen LogP contribution < -0.4 is 0 Å². The summed E-state index contributed by atoms with van der Waals surface area (Å²) in [5, 5.41) is 2.73. The molecule has 1 fully saturated rings. The van der Waals surface area contributed by atoms with Crippen LogP contribution in [0.5, 0.6) is 0 Å². The van der Waals surface area contributed by atoms with Crippen LogP contribution in [0.1, 0.15) is 20.7 Å². The molecule has 3 rings (SSSR count). The lowest BCUT2D eigenvalue weighted by molar-refractivity contribution is -0.0524. The zero-order valence-corrected chi connectivity index (χ0v) is 9.56. The Morgan fingerprint density at radius 1 is 1.06 bits per heavy atom. The minimum atomic E-state index is -0.515. The lowest BCUT2D eigenvalue weighted by Crippen LogP contribution is -2.51. The van der Waals surface area contributed by atoms with Crippen LogP contribution in [-0.2, 0) is 4.74 Å². The number of carbonyl (C=O) groups is 2. The topological polar surface area (TPSA) is 49.9 Å². The first-order chi connectivity index (χ1) is 8.68. The Bertz CT molecular complexity index is 526. The minimum Gasteiger partial charge on any atom is -0.379 e. The van der Waals surface area contributed by atoms with Crippen LogP contribution in [0, 0.1) is 5.82 Å². The van der Waals surface area contributed by atoms with E-state index in [1.165, 1.54) is 12.1 Å². The van der Waals surface area contributed by atoms with E-state index in [0.29, 0.717) is 26.3 Å². The lowest BCUT2D eigenvalue weighted by atomic mass is 10.1. The summed E-state index contributed by atoms with van der Waals surface area (Å²) in [4.78, 5) is 24.2. The van der Waals surface area contributed by atoms with Gasteiger partial charge in [0.1, 0.15) is 5.82 Å². The van der Waals surface area contributed by atoms with Gasteiger partial charge in [-0.3, -0.25) is 9.59 Å². The average molecular weight is 250 g/mol. The van der Waals surface area contributed by atoms with Crippen LogP contribution in [-0.4, -0.2) is 48.1 Å². The van der Waals surface area contributed by atoms with Gasteiger partial charge in [0.2, 0.25) is 0 Å². The Morgan fingerprint density at radius 3 is 2.44 bits per heavy atom. The van der Waals surface area contributed by atoms with Gasteiger partial charge in [0.15, 0.2) is 0 Å². The summed E-state index contributed by atoms with van der Waals surface area (Å²) >= 11 is 0. The molecule has 1 saturated heterocycles. The second-order valence-electron chi connectivity index (χ2n) is 4.18. The number of ether oxygens (including phenoxy) is 1. The number of fused-ring (bicyclic) bond motifs is 1. The highest BCUT2D eigenvalue weighted by Gasteiger charge is 2.39. The van der Waals surface area contributed by atoms with Crippen molar-refractivity contribution in [1.29, 1.82) is 0 Å². The number of imide groups is 1. The summed E-state index contributed by atoms with van der Waals surface area (Å²) in [5.41, 5.74) is 0.388. The molecule has 0 spiro atoms. The van der Waals surface area contributed by atoms with E-state index in [1.807, 2.05) is 0 Å². The molecule has 0 saturated carbocycles. The molecular weight excluding hydrogens is 239 g/mol. The van der Waals surface area contributed by atoms with Crippen molar-refractivity contribution >= 4 is 11.8 Å². The normalized spacial score (nSPS) is 20.4. The molecule has 1 aromatic rings. The highest BCUT2D eigenvalue weighted by molar-refractivity contribution is 6.20. The van der Waals surface area contributed by atoms with E-state index in [2.05, 4.69) is 0 Å². The maximum Gasteiger partial charge on any atom is 0.276 e. The van der Waals surface area contributed by atoms with Gasteiger partial charge in [0.25, 0.3) is 11.8 Å². The number of morpholine rings is 1. The van der Waals surface area contributed by atoms with Crippen molar-refractivity contribution in [2.45, 2.75) is 0 Å². The molecule has 0 unspecified atom stereocenters. The van der Waals surface area contributed by atoms with E-state index < -0.39 is 17.6 Å². The quantitative estimate of drug-likeness (QED) is 0.687. The second-order valence-corrected chi connectivity index (χ2v) is 4.18. The van der Waals surface area contributed by atoms with Gasteiger partial charge in [-0.2, -0.15) is 0 Å². The molecule has 0 atom stereocenters. The van der Waals surface area contributed by atoms with Crippen molar-refractivity contribution < 1.29 is 18.7 Å². The maximum absolute atomic E-state index is 13.1. The van der Waals surface area contributed by atoms with Crippen LogP contribution in [0.15, 0.2) is 18.2 Å². The Labute approximate surface area is 103 Å². The molecule has 2 aliphatic heterocycles. The maximum atomic E-state index is 13.1. The van der Waals surface area contributed by atoms with Crippen LogP contribution in [0.3, 0.4) is 0 Å². The van der Waals surface area contributed by atoms with Gasteiger partial charge in [0, 0.05) is 13.1 Å². The molecule has 94 valence electrons. The fraction of sp³-hybridized carbons (Fsp3) is 0.333. The van der Waals surface area contributed by atoms with Gasteiger partial charge < -0.3 is 4.74 Å². The smallest absolute Gasteiger partial charge is 0.276 e. The summed E-state index contributed by atoms with van der Waals surface area (Å²) in [6, 6.07) is 3.65.